The van der Waals surface area contributed by atoms with Gasteiger partial charge in [-0.25, -0.2) is 0 Å². The summed E-state index contributed by atoms with van der Waals surface area (Å²) in [6.45, 7) is 7.76. The summed E-state index contributed by atoms with van der Waals surface area (Å²) in [7, 11) is 2.16. The Kier molecular flexibility index (Phi) is 5.47. The van der Waals surface area contributed by atoms with E-state index in [1.54, 1.807) is 0 Å². The van der Waals surface area contributed by atoms with Gasteiger partial charge in [-0.05, 0) is 39.2 Å². The standard InChI is InChI=1S/C14H27NO/c1-11(2)9-12(3)15(4)10-13-7-5-6-8-14(13)16/h11-13H,5-10H2,1-4H3. The van der Waals surface area contributed by atoms with Crippen LogP contribution in [0.3, 0.4) is 0 Å². The van der Waals surface area contributed by atoms with Gasteiger partial charge in [-0.2, -0.15) is 0 Å². The number of carbonyl (C=O) groups is 1. The molecule has 1 fully saturated rings. The van der Waals surface area contributed by atoms with Crippen molar-refractivity contribution in [1.29, 1.82) is 0 Å². The van der Waals surface area contributed by atoms with Gasteiger partial charge in [0.2, 0.25) is 0 Å². The highest BCUT2D eigenvalue weighted by atomic mass is 16.1. The molecule has 0 spiro atoms. The van der Waals surface area contributed by atoms with Crippen molar-refractivity contribution in [2.75, 3.05) is 13.6 Å². The fourth-order valence-corrected chi connectivity index (χ4v) is 2.64. The van der Waals surface area contributed by atoms with Gasteiger partial charge in [0.25, 0.3) is 0 Å². The molecular weight excluding hydrogens is 198 g/mol. The summed E-state index contributed by atoms with van der Waals surface area (Å²) < 4.78 is 0. The van der Waals surface area contributed by atoms with E-state index in [2.05, 4.69) is 32.7 Å². The number of nitrogens with zero attached hydrogens (tertiary/aromatic N) is 1. The monoisotopic (exact) mass is 225 g/mol. The minimum Gasteiger partial charge on any atom is -0.303 e. The maximum absolute atomic E-state index is 11.7. The minimum absolute atomic E-state index is 0.313. The minimum atomic E-state index is 0.313. The Morgan fingerprint density at radius 3 is 2.56 bits per heavy atom. The van der Waals surface area contributed by atoms with Gasteiger partial charge in [0, 0.05) is 24.9 Å². The maximum atomic E-state index is 11.7. The van der Waals surface area contributed by atoms with Gasteiger partial charge in [0.15, 0.2) is 0 Å². The average Bonchev–Trinajstić information content (AvgIpc) is 2.20. The highest BCUT2D eigenvalue weighted by molar-refractivity contribution is 5.81. The normalized spacial score (nSPS) is 24.1. The van der Waals surface area contributed by atoms with Crippen LogP contribution in [-0.4, -0.2) is 30.3 Å². The summed E-state index contributed by atoms with van der Waals surface area (Å²) in [5.41, 5.74) is 0. The highest BCUT2D eigenvalue weighted by Crippen LogP contribution is 2.22. The molecule has 94 valence electrons. The van der Waals surface area contributed by atoms with Crippen molar-refractivity contribution in [2.24, 2.45) is 11.8 Å². The molecule has 0 aromatic carbocycles. The van der Waals surface area contributed by atoms with Gasteiger partial charge in [-0.15, -0.1) is 0 Å². The average molecular weight is 225 g/mol. The van der Waals surface area contributed by atoms with E-state index in [0.29, 0.717) is 17.7 Å². The van der Waals surface area contributed by atoms with Crippen LogP contribution in [0.2, 0.25) is 0 Å². The second-order valence-corrected chi connectivity index (χ2v) is 5.83. The van der Waals surface area contributed by atoms with Gasteiger partial charge >= 0.3 is 0 Å². The van der Waals surface area contributed by atoms with Crippen LogP contribution in [0.1, 0.15) is 52.9 Å². The van der Waals surface area contributed by atoms with Crippen molar-refractivity contribution in [1.82, 2.24) is 4.90 Å². The van der Waals surface area contributed by atoms with Gasteiger partial charge < -0.3 is 4.90 Å². The lowest BCUT2D eigenvalue weighted by molar-refractivity contribution is -0.125. The van der Waals surface area contributed by atoms with Crippen LogP contribution in [0, 0.1) is 11.8 Å². The molecule has 0 saturated heterocycles. The van der Waals surface area contributed by atoms with Gasteiger partial charge in [-0.3, -0.25) is 4.79 Å². The van der Waals surface area contributed by atoms with Crippen LogP contribution in [0.5, 0.6) is 0 Å². The maximum Gasteiger partial charge on any atom is 0.137 e. The SMILES string of the molecule is CC(C)CC(C)N(C)CC1CCCCC1=O. The van der Waals surface area contributed by atoms with E-state index in [1.165, 1.54) is 12.8 Å². The van der Waals surface area contributed by atoms with Crippen molar-refractivity contribution in [3.05, 3.63) is 0 Å². The van der Waals surface area contributed by atoms with E-state index < -0.39 is 0 Å². The van der Waals surface area contributed by atoms with Crippen molar-refractivity contribution >= 4 is 5.78 Å². The lowest BCUT2D eigenvalue weighted by atomic mass is 9.87. The van der Waals surface area contributed by atoms with Crippen molar-refractivity contribution in [2.45, 2.75) is 58.9 Å². The number of Topliss-reactive ketones (excluding diaryl/α,β-unsaturated/α-hetero) is 1. The van der Waals surface area contributed by atoms with Crippen LogP contribution in [0.25, 0.3) is 0 Å². The zero-order valence-electron chi connectivity index (χ0n) is 11.3. The molecule has 0 heterocycles. The van der Waals surface area contributed by atoms with Gasteiger partial charge in [0.1, 0.15) is 5.78 Å². The first-order chi connectivity index (χ1) is 7.50. The second-order valence-electron chi connectivity index (χ2n) is 5.83. The van der Waals surface area contributed by atoms with Gasteiger partial charge in [-0.1, -0.05) is 20.3 Å². The first-order valence-corrected chi connectivity index (χ1v) is 6.73. The zero-order chi connectivity index (χ0) is 12.1. The van der Waals surface area contributed by atoms with Crippen LogP contribution in [-0.2, 0) is 4.79 Å². The number of hydrogen-bond donors (Lipinski definition) is 0. The molecule has 0 bridgehead atoms. The van der Waals surface area contributed by atoms with E-state index >= 15 is 0 Å². The third kappa shape index (κ3) is 4.25. The Morgan fingerprint density at radius 2 is 2.00 bits per heavy atom. The first-order valence-electron chi connectivity index (χ1n) is 6.73. The quantitative estimate of drug-likeness (QED) is 0.716. The Bertz CT molecular complexity index is 225. The van der Waals surface area contributed by atoms with Crippen LogP contribution in [0.15, 0.2) is 0 Å². The smallest absolute Gasteiger partial charge is 0.137 e. The molecule has 2 atom stereocenters. The summed E-state index contributed by atoms with van der Waals surface area (Å²) in [5.74, 6) is 1.54. The Hall–Kier alpha value is -0.370. The number of ketones is 1. The van der Waals surface area contributed by atoms with Crippen LogP contribution in [0.4, 0.5) is 0 Å². The molecule has 1 rings (SSSR count). The molecule has 1 aliphatic carbocycles. The zero-order valence-corrected chi connectivity index (χ0v) is 11.3. The highest BCUT2D eigenvalue weighted by Gasteiger charge is 2.24. The fraction of sp³-hybridized carbons (Fsp3) is 0.929. The lowest BCUT2D eigenvalue weighted by Gasteiger charge is -2.31. The molecule has 16 heavy (non-hydrogen) atoms. The predicted octanol–water partition coefficient (Wildman–Crippen LogP) is 3.11. The molecule has 2 heteroatoms. The molecule has 1 saturated carbocycles. The Balaban J connectivity index is 2.37. The molecule has 0 aromatic rings. The van der Waals surface area contributed by atoms with Crippen molar-refractivity contribution in [3.8, 4) is 0 Å². The molecule has 0 amide bonds. The largest absolute Gasteiger partial charge is 0.303 e. The van der Waals surface area contributed by atoms with E-state index in [9.17, 15) is 4.79 Å². The van der Waals surface area contributed by atoms with Crippen molar-refractivity contribution in [3.63, 3.8) is 0 Å². The van der Waals surface area contributed by atoms with E-state index in [1.807, 2.05) is 0 Å². The second kappa shape index (κ2) is 6.39. The fourth-order valence-electron chi connectivity index (χ4n) is 2.64. The van der Waals surface area contributed by atoms with Crippen molar-refractivity contribution < 1.29 is 4.79 Å². The number of carbonyl (C=O) groups excluding carboxylic acids is 1. The Morgan fingerprint density at radius 1 is 1.31 bits per heavy atom. The molecular formula is C14H27NO. The molecule has 0 aliphatic heterocycles. The van der Waals surface area contributed by atoms with E-state index in [-0.39, 0.29) is 0 Å². The van der Waals surface area contributed by atoms with E-state index in [4.69, 9.17) is 0 Å². The first kappa shape index (κ1) is 13.7. The third-order valence-corrected chi connectivity index (χ3v) is 3.75. The third-order valence-electron chi connectivity index (χ3n) is 3.75. The number of hydrogen-bond acceptors (Lipinski definition) is 2. The molecule has 2 nitrogen and oxygen atoms in total. The molecule has 2 unspecified atom stereocenters. The summed E-state index contributed by atoms with van der Waals surface area (Å²) in [6, 6.07) is 0.592. The lowest BCUT2D eigenvalue weighted by Crippen LogP contribution is -2.38. The predicted molar refractivity (Wildman–Crippen MR) is 68.5 cm³/mol. The Labute approximate surface area is 100 Å². The molecule has 1 aliphatic rings. The summed E-state index contributed by atoms with van der Waals surface area (Å²) in [4.78, 5) is 14.1. The van der Waals surface area contributed by atoms with E-state index in [0.717, 1.165) is 31.7 Å². The summed E-state index contributed by atoms with van der Waals surface area (Å²) >= 11 is 0. The molecule has 0 N–H and O–H groups in total. The summed E-state index contributed by atoms with van der Waals surface area (Å²) in [6.07, 6.45) is 5.50. The van der Waals surface area contributed by atoms with Crippen LogP contribution < -0.4 is 0 Å². The molecule has 0 aromatic heterocycles. The topological polar surface area (TPSA) is 20.3 Å². The van der Waals surface area contributed by atoms with Crippen LogP contribution >= 0.6 is 0 Å². The number of rotatable bonds is 5. The molecule has 0 radical (unpaired) electrons. The summed E-state index contributed by atoms with van der Waals surface area (Å²) in [5, 5.41) is 0. The van der Waals surface area contributed by atoms with Gasteiger partial charge in [0.05, 0.1) is 0 Å².